The zero-order valence-electron chi connectivity index (χ0n) is 9.96. The molecule has 1 fully saturated rings. The summed E-state index contributed by atoms with van der Waals surface area (Å²) in [6.07, 6.45) is 4.69. The maximum Gasteiger partial charge on any atom is 0.255 e. The van der Waals surface area contributed by atoms with Crippen LogP contribution in [0.15, 0.2) is 13.6 Å². The van der Waals surface area contributed by atoms with E-state index in [1.807, 2.05) is 18.0 Å². The highest BCUT2D eigenvalue weighted by Gasteiger charge is 2.30. The largest absolute Gasteiger partial charge is 0.338 e. The van der Waals surface area contributed by atoms with Gasteiger partial charge in [-0.05, 0) is 50.8 Å². The second kappa shape index (κ2) is 6.37. The zero-order valence-corrected chi connectivity index (χ0v) is 15.5. The van der Waals surface area contributed by atoms with Gasteiger partial charge >= 0.3 is 0 Å². The van der Waals surface area contributed by atoms with E-state index >= 15 is 0 Å². The molecule has 1 aliphatic carbocycles. The van der Waals surface area contributed by atoms with Crippen LogP contribution in [0.1, 0.15) is 36.0 Å². The minimum Gasteiger partial charge on any atom is -0.338 e. The Kier molecular flexibility index (Phi) is 5.31. The van der Waals surface area contributed by atoms with E-state index in [0.717, 1.165) is 26.0 Å². The van der Waals surface area contributed by atoms with Crippen molar-refractivity contribution < 1.29 is 4.79 Å². The van der Waals surface area contributed by atoms with E-state index in [0.29, 0.717) is 10.9 Å². The van der Waals surface area contributed by atoms with Gasteiger partial charge < -0.3 is 4.90 Å². The second-order valence-electron chi connectivity index (χ2n) is 4.52. The van der Waals surface area contributed by atoms with Crippen LogP contribution in [0.3, 0.4) is 0 Å². The van der Waals surface area contributed by atoms with Gasteiger partial charge in [0.2, 0.25) is 0 Å². The molecule has 2 unspecified atom stereocenters. The van der Waals surface area contributed by atoms with Gasteiger partial charge in [0, 0.05) is 17.9 Å². The lowest BCUT2D eigenvalue weighted by molar-refractivity contribution is 0.0704. The highest BCUT2D eigenvalue weighted by Crippen LogP contribution is 2.34. The summed E-state index contributed by atoms with van der Waals surface area (Å²) in [4.78, 5) is 14.8. The second-order valence-corrected chi connectivity index (χ2v) is 9.45. The molecule has 1 saturated carbocycles. The van der Waals surface area contributed by atoms with Crippen molar-refractivity contribution in [3.63, 3.8) is 0 Å². The van der Waals surface area contributed by atoms with E-state index in [4.69, 9.17) is 0 Å². The molecule has 2 rings (SSSR count). The normalized spacial score (nSPS) is 24.0. The number of rotatable bonds is 2. The Morgan fingerprint density at radius 2 is 2.06 bits per heavy atom. The first-order valence-corrected chi connectivity index (χ1v) is 9.18. The Labute approximate surface area is 137 Å². The van der Waals surface area contributed by atoms with Crippen molar-refractivity contribution in [2.24, 2.45) is 0 Å². The van der Waals surface area contributed by atoms with Crippen LogP contribution in [-0.4, -0.2) is 28.7 Å². The molecule has 0 saturated heterocycles. The number of hydrogen-bond acceptors (Lipinski definition) is 2. The smallest absolute Gasteiger partial charge is 0.255 e. The van der Waals surface area contributed by atoms with E-state index in [1.54, 1.807) is 0 Å². The molecule has 1 aromatic heterocycles. The lowest BCUT2D eigenvalue weighted by atomic mass is 9.94. The zero-order chi connectivity index (χ0) is 13.3. The van der Waals surface area contributed by atoms with Gasteiger partial charge in [-0.2, -0.15) is 0 Å². The molecule has 0 N–H and O–H groups in total. The molecule has 0 radical (unpaired) electrons. The number of amides is 1. The van der Waals surface area contributed by atoms with Crippen molar-refractivity contribution in [3.05, 3.63) is 19.2 Å². The van der Waals surface area contributed by atoms with Gasteiger partial charge in [-0.1, -0.05) is 28.8 Å². The lowest BCUT2D eigenvalue weighted by Gasteiger charge is -2.35. The lowest BCUT2D eigenvalue weighted by Crippen LogP contribution is -2.44. The number of carbonyl (C=O) groups excluding carboxylic acids is 1. The third-order valence-corrected chi connectivity index (χ3v) is 6.76. The fourth-order valence-corrected chi connectivity index (χ4v) is 6.05. The molecule has 0 spiro atoms. The molecule has 1 heterocycles. The van der Waals surface area contributed by atoms with Gasteiger partial charge in [0.25, 0.3) is 5.91 Å². The fraction of sp³-hybridized carbons (Fsp3) is 0.583. The first-order valence-electron chi connectivity index (χ1n) is 5.86. The minimum absolute atomic E-state index is 0.0974. The highest BCUT2D eigenvalue weighted by atomic mass is 79.9. The van der Waals surface area contributed by atoms with E-state index in [2.05, 4.69) is 47.8 Å². The van der Waals surface area contributed by atoms with Crippen molar-refractivity contribution in [2.75, 3.05) is 7.05 Å². The van der Waals surface area contributed by atoms with Gasteiger partial charge in [-0.25, -0.2) is 0 Å². The fourth-order valence-electron chi connectivity index (χ4n) is 2.33. The molecule has 2 nitrogen and oxygen atoms in total. The molecule has 1 aliphatic rings. The van der Waals surface area contributed by atoms with Crippen LogP contribution in [0.4, 0.5) is 0 Å². The van der Waals surface area contributed by atoms with Crippen LogP contribution in [0.2, 0.25) is 0 Å². The Morgan fingerprint density at radius 1 is 1.39 bits per heavy atom. The molecule has 0 aliphatic heterocycles. The number of nitrogens with zero attached hydrogens (tertiary/aromatic N) is 1. The molecular weight excluding hydrogens is 446 g/mol. The highest BCUT2D eigenvalue weighted by molar-refractivity contribution is 9.12. The summed E-state index contributed by atoms with van der Waals surface area (Å²) in [5.41, 5.74) is 0.750. The summed E-state index contributed by atoms with van der Waals surface area (Å²) in [6.45, 7) is 0. The molecule has 2 atom stereocenters. The Balaban J connectivity index is 2.15. The number of thiophene rings is 1. The van der Waals surface area contributed by atoms with Crippen LogP contribution < -0.4 is 0 Å². The molecule has 0 bridgehead atoms. The first kappa shape index (κ1) is 15.0. The number of hydrogen-bond donors (Lipinski definition) is 0. The Morgan fingerprint density at radius 3 is 2.61 bits per heavy atom. The minimum atomic E-state index is 0.0974. The van der Waals surface area contributed by atoms with Crippen molar-refractivity contribution in [3.8, 4) is 0 Å². The molecular formula is C12H14Br3NOS. The predicted molar refractivity (Wildman–Crippen MR) is 86.8 cm³/mol. The molecule has 1 amide bonds. The third kappa shape index (κ3) is 3.19. The molecule has 18 heavy (non-hydrogen) atoms. The van der Waals surface area contributed by atoms with E-state index in [-0.39, 0.29) is 5.91 Å². The summed E-state index contributed by atoms with van der Waals surface area (Å²) < 4.78 is 1.87. The topological polar surface area (TPSA) is 20.3 Å². The van der Waals surface area contributed by atoms with Gasteiger partial charge in [0.15, 0.2) is 0 Å². The van der Waals surface area contributed by atoms with Crippen LogP contribution in [-0.2, 0) is 0 Å². The van der Waals surface area contributed by atoms with Crippen LogP contribution >= 0.6 is 59.1 Å². The number of alkyl halides is 1. The van der Waals surface area contributed by atoms with Crippen molar-refractivity contribution >= 4 is 65.0 Å². The number of carbonyl (C=O) groups is 1. The van der Waals surface area contributed by atoms with Gasteiger partial charge in [-0.15, -0.1) is 11.3 Å². The van der Waals surface area contributed by atoms with E-state index in [9.17, 15) is 4.79 Å². The first-order chi connectivity index (χ1) is 8.50. The number of halogens is 3. The van der Waals surface area contributed by atoms with Crippen molar-refractivity contribution in [1.29, 1.82) is 0 Å². The molecule has 100 valence electrons. The molecule has 6 heteroatoms. The average Bonchev–Trinajstić information content (AvgIpc) is 2.67. The summed E-state index contributed by atoms with van der Waals surface area (Å²) >= 11 is 12.1. The SMILES string of the molecule is CN(C(=O)c1cc(Br)sc1Br)C1CCCCC1Br. The third-order valence-electron chi connectivity index (χ3n) is 3.35. The summed E-state index contributed by atoms with van der Waals surface area (Å²) in [7, 11) is 1.91. The average molecular weight is 460 g/mol. The quantitative estimate of drug-likeness (QED) is 0.566. The van der Waals surface area contributed by atoms with Crippen LogP contribution in [0, 0.1) is 0 Å². The maximum atomic E-state index is 12.5. The van der Waals surface area contributed by atoms with E-state index < -0.39 is 0 Å². The van der Waals surface area contributed by atoms with Crippen molar-refractivity contribution in [1.82, 2.24) is 4.90 Å². The Bertz CT molecular complexity index is 449. The predicted octanol–water partition coefficient (Wildman–Crippen LogP) is 5.05. The van der Waals surface area contributed by atoms with E-state index in [1.165, 1.54) is 24.2 Å². The van der Waals surface area contributed by atoms with Gasteiger partial charge in [-0.3, -0.25) is 4.79 Å². The van der Waals surface area contributed by atoms with Crippen molar-refractivity contribution in [2.45, 2.75) is 36.6 Å². The molecule has 0 aromatic carbocycles. The molecule has 1 aromatic rings. The maximum absolute atomic E-state index is 12.5. The standard InChI is InChI=1S/C12H14Br3NOS/c1-16(9-5-3-2-4-8(9)13)12(17)7-6-10(14)18-11(7)15/h6,8-9H,2-5H2,1H3. The van der Waals surface area contributed by atoms with Crippen LogP contribution in [0.5, 0.6) is 0 Å². The van der Waals surface area contributed by atoms with Gasteiger partial charge in [0.05, 0.1) is 13.1 Å². The summed E-state index contributed by atoms with van der Waals surface area (Å²) in [5, 5.41) is 0. The monoisotopic (exact) mass is 457 g/mol. The Hall–Kier alpha value is 0.610. The summed E-state index contributed by atoms with van der Waals surface area (Å²) in [6, 6.07) is 2.19. The van der Waals surface area contributed by atoms with Crippen LogP contribution in [0.25, 0.3) is 0 Å². The summed E-state index contributed by atoms with van der Waals surface area (Å²) in [5.74, 6) is 0.0974. The van der Waals surface area contributed by atoms with Gasteiger partial charge in [0.1, 0.15) is 0 Å².